The minimum atomic E-state index is -1.24. The van der Waals surface area contributed by atoms with E-state index in [9.17, 15) is 14.7 Å². The van der Waals surface area contributed by atoms with Gasteiger partial charge < -0.3 is 24.6 Å². The highest BCUT2D eigenvalue weighted by Gasteiger charge is 2.33. The van der Waals surface area contributed by atoms with Crippen molar-refractivity contribution in [2.75, 3.05) is 13.2 Å². The molecule has 0 aliphatic rings. The molecule has 0 heterocycles. The fourth-order valence-corrected chi connectivity index (χ4v) is 2.46. The van der Waals surface area contributed by atoms with Gasteiger partial charge in [0.1, 0.15) is 5.60 Å². The number of benzene rings is 1. The van der Waals surface area contributed by atoms with Crippen molar-refractivity contribution in [3.63, 3.8) is 0 Å². The third-order valence-electron chi connectivity index (χ3n) is 3.55. The summed E-state index contributed by atoms with van der Waals surface area (Å²) in [4.78, 5) is 24.1. The van der Waals surface area contributed by atoms with Crippen molar-refractivity contribution in [3.05, 3.63) is 35.9 Å². The molecule has 0 bridgehead atoms. The van der Waals surface area contributed by atoms with Gasteiger partial charge >= 0.3 is 12.1 Å². The fraction of sp³-hybridized carbons (Fsp3) is 0.600. The summed E-state index contributed by atoms with van der Waals surface area (Å²) in [5.41, 5.74) is 0.189. The van der Waals surface area contributed by atoms with E-state index in [1.54, 1.807) is 27.7 Å². The first-order chi connectivity index (χ1) is 12.6. The van der Waals surface area contributed by atoms with Gasteiger partial charge in [-0.15, -0.1) is 0 Å². The number of amides is 1. The van der Waals surface area contributed by atoms with Crippen LogP contribution in [0.25, 0.3) is 0 Å². The van der Waals surface area contributed by atoms with Crippen LogP contribution in [0.5, 0.6) is 0 Å². The van der Waals surface area contributed by atoms with E-state index in [0.717, 1.165) is 5.56 Å². The van der Waals surface area contributed by atoms with E-state index >= 15 is 0 Å². The maximum atomic E-state index is 12.2. The van der Waals surface area contributed by atoms with Crippen molar-refractivity contribution in [3.8, 4) is 0 Å². The predicted molar refractivity (Wildman–Crippen MR) is 102 cm³/mol. The maximum Gasteiger partial charge on any atom is 0.407 e. The smallest absolute Gasteiger partial charge is 0.407 e. The van der Waals surface area contributed by atoms with Crippen LogP contribution in [-0.2, 0) is 25.4 Å². The SMILES string of the molecule is CCOCC(C)OC(C(=O)O)C(Cc1ccccc1)NC(=O)OC(C)(C)C. The Bertz CT molecular complexity index is 584. The number of hydrogen-bond acceptors (Lipinski definition) is 5. The first-order valence-corrected chi connectivity index (χ1v) is 9.11. The van der Waals surface area contributed by atoms with Crippen LogP contribution in [0.4, 0.5) is 4.79 Å². The zero-order chi connectivity index (χ0) is 20.4. The fourth-order valence-electron chi connectivity index (χ4n) is 2.46. The van der Waals surface area contributed by atoms with Gasteiger partial charge in [-0.2, -0.15) is 0 Å². The van der Waals surface area contributed by atoms with E-state index in [-0.39, 0.29) is 6.61 Å². The Hall–Kier alpha value is -2.12. The van der Waals surface area contributed by atoms with E-state index in [1.165, 1.54) is 0 Å². The van der Waals surface area contributed by atoms with Gasteiger partial charge in [-0.05, 0) is 46.6 Å². The zero-order valence-corrected chi connectivity index (χ0v) is 16.7. The predicted octanol–water partition coefficient (Wildman–Crippen LogP) is 3.02. The molecular weight excluding hydrogens is 350 g/mol. The average Bonchev–Trinajstić information content (AvgIpc) is 2.56. The molecule has 1 aromatic rings. The van der Waals surface area contributed by atoms with Crippen LogP contribution >= 0.6 is 0 Å². The lowest BCUT2D eigenvalue weighted by atomic mass is 10.0. The van der Waals surface area contributed by atoms with Crippen LogP contribution in [0.1, 0.15) is 40.2 Å². The largest absolute Gasteiger partial charge is 0.479 e. The lowest BCUT2D eigenvalue weighted by molar-refractivity contribution is -0.158. The molecule has 7 nitrogen and oxygen atoms in total. The standard InChI is InChI=1S/C20H31NO6/c1-6-25-13-14(2)26-17(18(22)23)16(12-15-10-8-7-9-11-15)21-19(24)27-20(3,4)5/h7-11,14,16-17H,6,12-13H2,1-5H3,(H,21,24)(H,22,23). The lowest BCUT2D eigenvalue weighted by Gasteiger charge is -2.29. The Morgan fingerprint density at radius 2 is 1.81 bits per heavy atom. The second kappa shape index (κ2) is 10.9. The molecule has 27 heavy (non-hydrogen) atoms. The number of alkyl carbamates (subject to hydrolysis) is 1. The topological polar surface area (TPSA) is 94.1 Å². The number of carbonyl (C=O) groups is 2. The highest BCUT2D eigenvalue weighted by atomic mass is 16.6. The number of carboxylic acid groups (broad SMARTS) is 1. The van der Waals surface area contributed by atoms with E-state index in [4.69, 9.17) is 14.2 Å². The second-order valence-corrected chi connectivity index (χ2v) is 7.31. The van der Waals surface area contributed by atoms with Gasteiger partial charge in [-0.25, -0.2) is 9.59 Å². The summed E-state index contributed by atoms with van der Waals surface area (Å²) in [6.45, 7) is 9.60. The van der Waals surface area contributed by atoms with Gasteiger partial charge in [-0.3, -0.25) is 0 Å². The lowest BCUT2D eigenvalue weighted by Crippen LogP contribution is -2.52. The van der Waals surface area contributed by atoms with Crippen molar-refractivity contribution in [2.24, 2.45) is 0 Å². The monoisotopic (exact) mass is 381 g/mol. The number of carbonyl (C=O) groups excluding carboxylic acids is 1. The summed E-state index contributed by atoms with van der Waals surface area (Å²) in [6, 6.07) is 8.51. The molecule has 0 saturated carbocycles. The molecule has 0 aromatic heterocycles. The molecule has 3 unspecified atom stereocenters. The quantitative estimate of drug-likeness (QED) is 0.647. The summed E-state index contributed by atoms with van der Waals surface area (Å²) in [6.07, 6.45) is -2.08. The van der Waals surface area contributed by atoms with Crippen LogP contribution in [0.15, 0.2) is 30.3 Å². The Morgan fingerprint density at radius 3 is 2.33 bits per heavy atom. The highest BCUT2D eigenvalue weighted by Crippen LogP contribution is 2.14. The van der Waals surface area contributed by atoms with E-state index in [0.29, 0.717) is 13.0 Å². The van der Waals surface area contributed by atoms with Gasteiger partial charge in [0.2, 0.25) is 0 Å². The number of hydrogen-bond donors (Lipinski definition) is 2. The van der Waals surface area contributed by atoms with Crippen LogP contribution < -0.4 is 5.32 Å². The minimum absolute atomic E-state index is 0.269. The Balaban J connectivity index is 2.96. The van der Waals surface area contributed by atoms with Gasteiger partial charge in [0.05, 0.1) is 18.8 Å². The second-order valence-electron chi connectivity index (χ2n) is 7.31. The Kier molecular flexibility index (Phi) is 9.25. The molecule has 1 rings (SSSR count). The first-order valence-electron chi connectivity index (χ1n) is 9.11. The van der Waals surface area contributed by atoms with Crippen LogP contribution in [-0.4, -0.2) is 54.2 Å². The first kappa shape index (κ1) is 22.9. The van der Waals surface area contributed by atoms with Gasteiger partial charge in [-0.1, -0.05) is 30.3 Å². The van der Waals surface area contributed by atoms with Gasteiger partial charge in [0.15, 0.2) is 6.10 Å². The summed E-state index contributed by atoms with van der Waals surface area (Å²) >= 11 is 0. The van der Waals surface area contributed by atoms with Crippen molar-refractivity contribution < 1.29 is 28.9 Å². The molecule has 1 aromatic carbocycles. The van der Waals surface area contributed by atoms with Crippen molar-refractivity contribution >= 4 is 12.1 Å². The summed E-state index contributed by atoms with van der Waals surface area (Å²) in [7, 11) is 0. The zero-order valence-electron chi connectivity index (χ0n) is 16.7. The summed E-state index contributed by atoms with van der Waals surface area (Å²) < 4.78 is 16.3. The molecule has 0 radical (unpaired) electrons. The van der Waals surface area contributed by atoms with Gasteiger partial charge in [0, 0.05) is 6.61 Å². The molecule has 0 fully saturated rings. The average molecular weight is 381 g/mol. The van der Waals surface area contributed by atoms with E-state index in [2.05, 4.69) is 5.32 Å². The van der Waals surface area contributed by atoms with Crippen molar-refractivity contribution in [1.82, 2.24) is 5.32 Å². The molecular formula is C20H31NO6. The molecule has 3 atom stereocenters. The Morgan fingerprint density at radius 1 is 1.19 bits per heavy atom. The Labute approximate surface area is 161 Å². The molecule has 0 aliphatic carbocycles. The molecule has 1 amide bonds. The molecule has 0 spiro atoms. The van der Waals surface area contributed by atoms with Crippen LogP contribution in [0.3, 0.4) is 0 Å². The van der Waals surface area contributed by atoms with Crippen molar-refractivity contribution in [2.45, 2.75) is 64.9 Å². The molecule has 2 N–H and O–H groups in total. The van der Waals surface area contributed by atoms with Crippen LogP contribution in [0.2, 0.25) is 0 Å². The molecule has 7 heteroatoms. The van der Waals surface area contributed by atoms with E-state index in [1.807, 2.05) is 37.3 Å². The number of carboxylic acids is 1. The normalized spacial score (nSPS) is 14.9. The van der Waals surface area contributed by atoms with Crippen molar-refractivity contribution in [1.29, 1.82) is 0 Å². The third-order valence-corrected chi connectivity index (χ3v) is 3.55. The number of rotatable bonds is 10. The maximum absolute atomic E-state index is 12.2. The van der Waals surface area contributed by atoms with Crippen LogP contribution in [0, 0.1) is 0 Å². The molecule has 0 aliphatic heterocycles. The third kappa shape index (κ3) is 9.40. The number of aliphatic carboxylic acids is 1. The number of nitrogens with one attached hydrogen (secondary N) is 1. The van der Waals surface area contributed by atoms with Gasteiger partial charge in [0.25, 0.3) is 0 Å². The highest BCUT2D eigenvalue weighted by molar-refractivity contribution is 5.75. The molecule has 0 saturated heterocycles. The minimum Gasteiger partial charge on any atom is -0.479 e. The summed E-state index contributed by atoms with van der Waals surface area (Å²) in [5, 5.41) is 12.3. The number of ether oxygens (including phenoxy) is 3. The summed E-state index contributed by atoms with van der Waals surface area (Å²) in [5.74, 6) is -1.16. The molecule has 152 valence electrons. The van der Waals surface area contributed by atoms with E-state index < -0.39 is 35.9 Å².